The van der Waals surface area contributed by atoms with Gasteiger partial charge in [0.15, 0.2) is 11.5 Å². The van der Waals surface area contributed by atoms with E-state index in [4.69, 9.17) is 21.1 Å². The fraction of sp³-hybridized carbons (Fsp3) is 0.212. The summed E-state index contributed by atoms with van der Waals surface area (Å²) < 4.78 is 67.9. The van der Waals surface area contributed by atoms with Gasteiger partial charge in [-0.2, -0.15) is 13.7 Å². The lowest BCUT2D eigenvalue weighted by atomic mass is 10.2. The maximum Gasteiger partial charge on any atom is 0.259 e. The molecule has 0 spiro atoms. The molecule has 4 aromatic carbocycles. The SMILES string of the molecule is CCOc1cc(/C=N\NC(=O)[C@H]2CN(S(=O)(=O)c3ccccc3)CCN2S(=O)(=O)c2ccccc2)ccc1OCc1ccc(Cl)cc1. The predicted molar refractivity (Wildman–Crippen MR) is 178 cm³/mol. The Kier molecular flexibility index (Phi) is 10.9. The zero-order valence-electron chi connectivity index (χ0n) is 25.4. The molecule has 0 radical (unpaired) electrons. The number of rotatable bonds is 12. The third-order valence-corrected chi connectivity index (χ3v) is 11.3. The molecule has 1 saturated heterocycles. The topological polar surface area (TPSA) is 135 Å². The van der Waals surface area contributed by atoms with Crippen LogP contribution in [0.5, 0.6) is 11.5 Å². The minimum Gasteiger partial charge on any atom is -0.490 e. The number of hydrazone groups is 1. The van der Waals surface area contributed by atoms with Crippen LogP contribution in [0.15, 0.2) is 118 Å². The molecule has 0 saturated carbocycles. The number of halogens is 1. The molecule has 1 heterocycles. The Labute approximate surface area is 279 Å². The van der Waals surface area contributed by atoms with Crippen molar-refractivity contribution in [2.75, 3.05) is 26.2 Å². The van der Waals surface area contributed by atoms with E-state index in [9.17, 15) is 21.6 Å². The summed E-state index contributed by atoms with van der Waals surface area (Å²) in [6, 6.07) is 26.5. The van der Waals surface area contributed by atoms with Crippen molar-refractivity contribution < 1.29 is 31.1 Å². The molecule has 47 heavy (non-hydrogen) atoms. The Morgan fingerprint density at radius 1 is 0.851 bits per heavy atom. The van der Waals surface area contributed by atoms with Gasteiger partial charge in [0.1, 0.15) is 12.6 Å². The maximum absolute atomic E-state index is 13.6. The molecule has 1 aliphatic rings. The summed E-state index contributed by atoms with van der Waals surface area (Å²) in [6.07, 6.45) is 1.38. The number of sulfonamides is 2. The first-order chi connectivity index (χ1) is 22.6. The van der Waals surface area contributed by atoms with Gasteiger partial charge in [-0.15, -0.1) is 0 Å². The highest BCUT2D eigenvalue weighted by molar-refractivity contribution is 7.89. The molecular weight excluding hydrogens is 664 g/mol. The number of nitrogens with one attached hydrogen (secondary N) is 1. The van der Waals surface area contributed by atoms with Gasteiger partial charge in [-0.1, -0.05) is 60.1 Å². The molecule has 14 heteroatoms. The molecule has 246 valence electrons. The standard InChI is InChI=1S/C33H33ClN4O7S2/c1-2-44-32-21-26(15-18-31(32)45-24-25-13-16-27(34)17-14-25)22-35-36-33(39)30-23-37(46(40,41)28-9-5-3-6-10-28)19-20-38(30)47(42,43)29-11-7-4-8-12-29/h3-18,21-22,30H,2,19-20,23-24H2,1H3,(H,36,39)/b35-22-/t30-/m1/s1. The van der Waals surface area contributed by atoms with Crippen molar-refractivity contribution in [3.8, 4) is 11.5 Å². The largest absolute Gasteiger partial charge is 0.490 e. The number of hydrogen-bond acceptors (Lipinski definition) is 8. The molecule has 11 nitrogen and oxygen atoms in total. The second kappa shape index (κ2) is 15.1. The van der Waals surface area contributed by atoms with Crippen LogP contribution in [0.2, 0.25) is 5.02 Å². The normalized spacial score (nSPS) is 16.2. The van der Waals surface area contributed by atoms with Crippen molar-refractivity contribution >= 4 is 43.8 Å². The number of benzene rings is 4. The van der Waals surface area contributed by atoms with E-state index in [1.165, 1.54) is 30.5 Å². The molecule has 1 fully saturated rings. The Bertz CT molecular complexity index is 1930. The van der Waals surface area contributed by atoms with Crippen LogP contribution in [-0.2, 0) is 31.4 Å². The second-order valence-electron chi connectivity index (χ2n) is 10.4. The average Bonchev–Trinajstić information content (AvgIpc) is 3.09. The maximum atomic E-state index is 13.6. The van der Waals surface area contributed by atoms with Gasteiger partial charge in [0.25, 0.3) is 5.91 Å². The van der Waals surface area contributed by atoms with Crippen LogP contribution >= 0.6 is 11.6 Å². The van der Waals surface area contributed by atoms with E-state index in [1.807, 2.05) is 19.1 Å². The molecule has 0 aromatic heterocycles. The van der Waals surface area contributed by atoms with E-state index >= 15 is 0 Å². The van der Waals surface area contributed by atoms with Crippen LogP contribution in [-0.4, -0.2) is 69.9 Å². The van der Waals surface area contributed by atoms with Gasteiger partial charge in [-0.3, -0.25) is 4.79 Å². The smallest absolute Gasteiger partial charge is 0.259 e. The Balaban J connectivity index is 1.34. The summed E-state index contributed by atoms with van der Waals surface area (Å²) >= 11 is 5.96. The van der Waals surface area contributed by atoms with Gasteiger partial charge < -0.3 is 9.47 Å². The molecule has 0 unspecified atom stereocenters. The molecular formula is C33H33ClN4O7S2. The summed E-state index contributed by atoms with van der Waals surface area (Å²) in [6.45, 7) is 1.73. The highest BCUT2D eigenvalue weighted by Crippen LogP contribution is 2.29. The summed E-state index contributed by atoms with van der Waals surface area (Å²) in [5.74, 6) is 0.180. The van der Waals surface area contributed by atoms with Crippen molar-refractivity contribution in [1.82, 2.24) is 14.0 Å². The van der Waals surface area contributed by atoms with Crippen LogP contribution in [0.25, 0.3) is 0 Å². The number of carbonyl (C=O) groups is 1. The number of nitrogens with zero attached hydrogens (tertiary/aromatic N) is 3. The Hall–Kier alpha value is -4.27. The van der Waals surface area contributed by atoms with E-state index in [1.54, 1.807) is 66.7 Å². The summed E-state index contributed by atoms with van der Waals surface area (Å²) in [5, 5.41) is 4.69. The van der Waals surface area contributed by atoms with Gasteiger partial charge >= 0.3 is 0 Å². The minimum atomic E-state index is -4.15. The second-order valence-corrected chi connectivity index (χ2v) is 14.7. The molecule has 1 aliphatic heterocycles. The van der Waals surface area contributed by atoms with E-state index in [2.05, 4.69) is 10.5 Å². The predicted octanol–water partition coefficient (Wildman–Crippen LogP) is 4.53. The molecule has 1 atom stereocenters. The summed E-state index contributed by atoms with van der Waals surface area (Å²) in [5.41, 5.74) is 3.89. The van der Waals surface area contributed by atoms with Crippen molar-refractivity contribution in [2.45, 2.75) is 29.4 Å². The Morgan fingerprint density at radius 3 is 2.13 bits per heavy atom. The van der Waals surface area contributed by atoms with Crippen molar-refractivity contribution in [3.05, 3.63) is 119 Å². The lowest BCUT2D eigenvalue weighted by Crippen LogP contribution is -2.60. The highest BCUT2D eigenvalue weighted by Gasteiger charge is 2.43. The van der Waals surface area contributed by atoms with Crippen molar-refractivity contribution in [3.63, 3.8) is 0 Å². The van der Waals surface area contributed by atoms with E-state index < -0.39 is 38.5 Å². The summed E-state index contributed by atoms with van der Waals surface area (Å²) in [4.78, 5) is 13.6. The van der Waals surface area contributed by atoms with Crippen molar-refractivity contribution in [2.24, 2.45) is 5.10 Å². The zero-order chi connectivity index (χ0) is 33.4. The monoisotopic (exact) mass is 696 g/mol. The zero-order valence-corrected chi connectivity index (χ0v) is 27.8. The van der Waals surface area contributed by atoms with E-state index in [0.717, 1.165) is 14.2 Å². The van der Waals surface area contributed by atoms with E-state index in [-0.39, 0.29) is 22.9 Å². The van der Waals surface area contributed by atoms with E-state index in [0.29, 0.717) is 35.3 Å². The Morgan fingerprint density at radius 2 is 1.49 bits per heavy atom. The lowest BCUT2D eigenvalue weighted by molar-refractivity contribution is -0.125. The molecule has 0 bridgehead atoms. The fourth-order valence-electron chi connectivity index (χ4n) is 4.91. The molecule has 5 rings (SSSR count). The van der Waals surface area contributed by atoms with Crippen LogP contribution in [0.1, 0.15) is 18.1 Å². The number of amides is 1. The average molecular weight is 697 g/mol. The quantitative estimate of drug-likeness (QED) is 0.170. The molecule has 0 aliphatic carbocycles. The summed E-state index contributed by atoms with van der Waals surface area (Å²) in [7, 11) is -8.15. The molecule has 1 N–H and O–H groups in total. The first kappa shape index (κ1) is 34.1. The van der Waals surface area contributed by atoms with Gasteiger partial charge in [0, 0.05) is 24.7 Å². The molecule has 4 aromatic rings. The van der Waals surface area contributed by atoms with Gasteiger partial charge in [0.05, 0.1) is 22.6 Å². The lowest BCUT2D eigenvalue weighted by Gasteiger charge is -2.38. The number of ether oxygens (including phenoxy) is 2. The van der Waals surface area contributed by atoms with Crippen LogP contribution in [0, 0.1) is 0 Å². The first-order valence-corrected chi connectivity index (χ1v) is 17.9. The third kappa shape index (κ3) is 8.18. The number of piperazine rings is 1. The van der Waals surface area contributed by atoms with Gasteiger partial charge in [-0.05, 0) is 72.6 Å². The van der Waals surface area contributed by atoms with Crippen LogP contribution in [0.4, 0.5) is 0 Å². The van der Waals surface area contributed by atoms with Crippen LogP contribution in [0.3, 0.4) is 0 Å². The highest BCUT2D eigenvalue weighted by atomic mass is 35.5. The van der Waals surface area contributed by atoms with Gasteiger partial charge in [0.2, 0.25) is 20.0 Å². The number of carbonyl (C=O) groups excluding carboxylic acids is 1. The van der Waals surface area contributed by atoms with Gasteiger partial charge in [-0.25, -0.2) is 22.3 Å². The first-order valence-electron chi connectivity index (χ1n) is 14.7. The van der Waals surface area contributed by atoms with Crippen LogP contribution < -0.4 is 14.9 Å². The van der Waals surface area contributed by atoms with Crippen molar-refractivity contribution in [1.29, 1.82) is 0 Å². The third-order valence-electron chi connectivity index (χ3n) is 7.29. The fourth-order valence-corrected chi connectivity index (χ4v) is 8.09. The number of hydrogen-bond donors (Lipinski definition) is 1. The molecule has 1 amide bonds. The minimum absolute atomic E-state index is 0.0116.